The second-order valence-electron chi connectivity index (χ2n) is 5.68. The van der Waals surface area contributed by atoms with E-state index in [2.05, 4.69) is 5.32 Å². The Morgan fingerprint density at radius 3 is 2.80 bits per heavy atom. The number of rotatable bonds is 8. The smallest absolute Gasteiger partial charge is 0.311 e. The third kappa shape index (κ3) is 4.49. The summed E-state index contributed by atoms with van der Waals surface area (Å²) in [5.74, 6) is 1.15. The van der Waals surface area contributed by atoms with Crippen LogP contribution in [0.15, 0.2) is 18.2 Å². The molecular weight excluding hydrogens is 256 g/mol. The van der Waals surface area contributed by atoms with E-state index in [4.69, 9.17) is 4.74 Å². The van der Waals surface area contributed by atoms with Gasteiger partial charge < -0.3 is 10.1 Å². The largest absolute Gasteiger partial charge is 0.487 e. The van der Waals surface area contributed by atoms with Crippen molar-refractivity contribution >= 4 is 5.69 Å². The molecule has 110 valence electrons. The molecule has 0 amide bonds. The fourth-order valence-electron chi connectivity index (χ4n) is 2.00. The Morgan fingerprint density at radius 2 is 2.20 bits per heavy atom. The van der Waals surface area contributed by atoms with Crippen molar-refractivity contribution in [1.82, 2.24) is 5.32 Å². The van der Waals surface area contributed by atoms with Gasteiger partial charge in [-0.2, -0.15) is 0 Å². The van der Waals surface area contributed by atoms with Crippen molar-refractivity contribution in [2.24, 2.45) is 5.92 Å². The number of ether oxygens (including phenoxy) is 1. The first-order valence-corrected chi connectivity index (χ1v) is 7.19. The number of benzene rings is 1. The molecular formula is C15H22N2O3. The predicted octanol–water partition coefficient (Wildman–Crippen LogP) is 3.27. The van der Waals surface area contributed by atoms with Gasteiger partial charge in [0.1, 0.15) is 0 Å². The molecule has 0 spiro atoms. The van der Waals surface area contributed by atoms with E-state index in [0.29, 0.717) is 24.9 Å². The van der Waals surface area contributed by atoms with Gasteiger partial charge in [0, 0.05) is 18.7 Å². The number of nitro benzene ring substituents is 1. The SMILES string of the molecule is CC(C)NCc1ccc(OCCC2CC2)c([N+](=O)[O-])c1. The summed E-state index contributed by atoms with van der Waals surface area (Å²) in [7, 11) is 0. The summed E-state index contributed by atoms with van der Waals surface area (Å²) in [5, 5.41) is 14.4. The van der Waals surface area contributed by atoms with Crippen molar-refractivity contribution in [3.05, 3.63) is 33.9 Å². The Kier molecular flexibility index (Phi) is 4.95. The van der Waals surface area contributed by atoms with E-state index >= 15 is 0 Å². The van der Waals surface area contributed by atoms with Crippen LogP contribution in [-0.4, -0.2) is 17.6 Å². The summed E-state index contributed by atoms with van der Waals surface area (Å²) in [6, 6.07) is 5.54. The quantitative estimate of drug-likeness (QED) is 0.585. The van der Waals surface area contributed by atoms with Gasteiger partial charge in [0.2, 0.25) is 0 Å². The third-order valence-electron chi connectivity index (χ3n) is 3.42. The van der Waals surface area contributed by atoms with Crippen LogP contribution in [0.25, 0.3) is 0 Å². The average molecular weight is 278 g/mol. The van der Waals surface area contributed by atoms with Crippen LogP contribution in [0.4, 0.5) is 5.69 Å². The molecule has 1 saturated carbocycles. The topological polar surface area (TPSA) is 64.4 Å². The predicted molar refractivity (Wildman–Crippen MR) is 77.9 cm³/mol. The van der Waals surface area contributed by atoms with Gasteiger partial charge in [0.05, 0.1) is 11.5 Å². The van der Waals surface area contributed by atoms with Crippen LogP contribution >= 0.6 is 0 Å². The first kappa shape index (κ1) is 14.8. The lowest BCUT2D eigenvalue weighted by Crippen LogP contribution is -2.21. The van der Waals surface area contributed by atoms with Crippen molar-refractivity contribution in [3.8, 4) is 5.75 Å². The van der Waals surface area contributed by atoms with E-state index in [-0.39, 0.29) is 10.6 Å². The van der Waals surface area contributed by atoms with Crippen LogP contribution in [0.3, 0.4) is 0 Å². The van der Waals surface area contributed by atoms with E-state index in [9.17, 15) is 10.1 Å². The summed E-state index contributed by atoms with van der Waals surface area (Å²) in [4.78, 5) is 10.8. The molecule has 1 aliphatic rings. The lowest BCUT2D eigenvalue weighted by Gasteiger charge is -2.10. The van der Waals surface area contributed by atoms with Crippen molar-refractivity contribution in [2.45, 2.75) is 45.7 Å². The van der Waals surface area contributed by atoms with E-state index < -0.39 is 0 Å². The first-order chi connectivity index (χ1) is 9.56. The minimum atomic E-state index is -0.370. The first-order valence-electron chi connectivity index (χ1n) is 7.19. The monoisotopic (exact) mass is 278 g/mol. The van der Waals surface area contributed by atoms with Crippen LogP contribution in [0.1, 0.15) is 38.7 Å². The Labute approximate surface area is 119 Å². The highest BCUT2D eigenvalue weighted by Gasteiger charge is 2.22. The number of nitrogens with zero attached hydrogens (tertiary/aromatic N) is 1. The summed E-state index contributed by atoms with van der Waals surface area (Å²) in [5.41, 5.74) is 0.962. The molecule has 0 aromatic heterocycles. The van der Waals surface area contributed by atoms with Gasteiger partial charge in [0.15, 0.2) is 5.75 Å². The molecule has 1 aromatic carbocycles. The van der Waals surface area contributed by atoms with Gasteiger partial charge >= 0.3 is 5.69 Å². The normalized spacial score (nSPS) is 14.6. The summed E-state index contributed by atoms with van der Waals surface area (Å²) < 4.78 is 5.57. The lowest BCUT2D eigenvalue weighted by molar-refractivity contribution is -0.385. The zero-order chi connectivity index (χ0) is 14.5. The second-order valence-corrected chi connectivity index (χ2v) is 5.68. The number of hydrogen-bond donors (Lipinski definition) is 1. The van der Waals surface area contributed by atoms with Crippen LogP contribution in [0.5, 0.6) is 5.75 Å². The van der Waals surface area contributed by atoms with Crippen LogP contribution < -0.4 is 10.1 Å². The highest BCUT2D eigenvalue weighted by molar-refractivity contribution is 5.48. The third-order valence-corrected chi connectivity index (χ3v) is 3.42. The number of nitro groups is 1. The number of nitrogens with one attached hydrogen (secondary N) is 1. The molecule has 0 heterocycles. The fraction of sp³-hybridized carbons (Fsp3) is 0.600. The van der Waals surface area contributed by atoms with Gasteiger partial charge in [-0.15, -0.1) is 0 Å². The molecule has 0 bridgehead atoms. The maximum absolute atomic E-state index is 11.1. The standard InChI is InChI=1S/C15H22N2O3/c1-11(2)16-10-13-5-6-15(14(9-13)17(18)19)20-8-7-12-3-4-12/h5-6,9,11-12,16H,3-4,7-8,10H2,1-2H3. The number of hydrogen-bond acceptors (Lipinski definition) is 4. The van der Waals surface area contributed by atoms with Gasteiger partial charge in [-0.3, -0.25) is 10.1 Å². The van der Waals surface area contributed by atoms with Gasteiger partial charge in [-0.25, -0.2) is 0 Å². The zero-order valence-electron chi connectivity index (χ0n) is 12.1. The average Bonchev–Trinajstić information content (AvgIpc) is 3.21. The Balaban J connectivity index is 2.00. The van der Waals surface area contributed by atoms with E-state index in [1.165, 1.54) is 12.8 Å². The molecule has 0 radical (unpaired) electrons. The van der Waals surface area contributed by atoms with Crippen molar-refractivity contribution in [3.63, 3.8) is 0 Å². The Hall–Kier alpha value is -1.62. The maximum Gasteiger partial charge on any atom is 0.311 e. The minimum absolute atomic E-state index is 0.0591. The van der Waals surface area contributed by atoms with Crippen molar-refractivity contribution in [2.75, 3.05) is 6.61 Å². The van der Waals surface area contributed by atoms with Gasteiger partial charge in [-0.05, 0) is 24.0 Å². The highest BCUT2D eigenvalue weighted by atomic mass is 16.6. The summed E-state index contributed by atoms with van der Waals surface area (Å²) in [6.07, 6.45) is 3.53. The van der Waals surface area contributed by atoms with E-state index in [1.54, 1.807) is 12.1 Å². The molecule has 1 aromatic rings. The molecule has 0 atom stereocenters. The van der Waals surface area contributed by atoms with Crippen LogP contribution in [0.2, 0.25) is 0 Å². The molecule has 5 nitrogen and oxygen atoms in total. The Morgan fingerprint density at radius 1 is 1.45 bits per heavy atom. The lowest BCUT2D eigenvalue weighted by atomic mass is 10.1. The van der Waals surface area contributed by atoms with Crippen LogP contribution in [0, 0.1) is 16.0 Å². The van der Waals surface area contributed by atoms with Crippen LogP contribution in [-0.2, 0) is 6.54 Å². The maximum atomic E-state index is 11.1. The molecule has 5 heteroatoms. The molecule has 0 unspecified atom stereocenters. The summed E-state index contributed by atoms with van der Waals surface area (Å²) >= 11 is 0. The molecule has 20 heavy (non-hydrogen) atoms. The Bertz CT molecular complexity index is 470. The molecule has 1 fully saturated rings. The van der Waals surface area contributed by atoms with Gasteiger partial charge in [-0.1, -0.05) is 32.8 Å². The minimum Gasteiger partial charge on any atom is -0.487 e. The molecule has 0 aliphatic heterocycles. The molecule has 1 N–H and O–H groups in total. The highest BCUT2D eigenvalue weighted by Crippen LogP contribution is 2.33. The summed E-state index contributed by atoms with van der Waals surface area (Å²) in [6.45, 7) is 5.28. The van der Waals surface area contributed by atoms with Crippen molar-refractivity contribution < 1.29 is 9.66 Å². The molecule has 2 rings (SSSR count). The fourth-order valence-corrected chi connectivity index (χ4v) is 2.00. The van der Waals surface area contributed by atoms with E-state index in [0.717, 1.165) is 17.9 Å². The second kappa shape index (κ2) is 6.70. The zero-order valence-corrected chi connectivity index (χ0v) is 12.1. The van der Waals surface area contributed by atoms with E-state index in [1.807, 2.05) is 19.9 Å². The molecule has 1 aliphatic carbocycles. The molecule has 0 saturated heterocycles. The van der Waals surface area contributed by atoms with Crippen molar-refractivity contribution in [1.29, 1.82) is 0 Å². The van der Waals surface area contributed by atoms with Gasteiger partial charge in [0.25, 0.3) is 0 Å².